The van der Waals surface area contributed by atoms with E-state index in [9.17, 15) is 4.79 Å². The lowest BCUT2D eigenvalue weighted by Crippen LogP contribution is -2.34. The molecule has 18 heavy (non-hydrogen) atoms. The Balaban J connectivity index is 2.55. The van der Waals surface area contributed by atoms with Gasteiger partial charge in [0.25, 0.3) is 5.91 Å². The van der Waals surface area contributed by atoms with Gasteiger partial charge in [-0.15, -0.1) is 0 Å². The monoisotopic (exact) mass is 253 g/mol. The third-order valence-corrected chi connectivity index (χ3v) is 3.00. The second-order valence-corrected chi connectivity index (χ2v) is 4.49. The van der Waals surface area contributed by atoms with E-state index in [0.717, 1.165) is 18.5 Å². The Hall–Kier alpha value is -1.36. The van der Waals surface area contributed by atoms with Gasteiger partial charge in [-0.05, 0) is 13.3 Å². The third-order valence-electron chi connectivity index (χ3n) is 3.00. The zero-order chi connectivity index (χ0) is 13.4. The first-order valence-electron chi connectivity index (χ1n) is 6.60. The highest BCUT2D eigenvalue weighted by molar-refractivity contribution is 5.95. The van der Waals surface area contributed by atoms with Gasteiger partial charge in [-0.1, -0.05) is 26.2 Å². The molecule has 0 aliphatic heterocycles. The maximum absolute atomic E-state index is 12.2. The van der Waals surface area contributed by atoms with Crippen LogP contribution in [0.2, 0.25) is 0 Å². The zero-order valence-electron chi connectivity index (χ0n) is 11.3. The molecule has 5 heteroatoms. The van der Waals surface area contributed by atoms with Crippen molar-refractivity contribution in [3.8, 4) is 0 Å². The van der Waals surface area contributed by atoms with E-state index in [-0.39, 0.29) is 12.5 Å². The number of nitrogens with zero attached hydrogens (tertiary/aromatic N) is 2. The standard InChI is InChI=1S/C13H23N3O2/c1-3-4-5-6-7-16(8-9-17)13(18)12-10-14-15-11(12)2/h10,17H,3-9H2,1-2H3,(H,14,15). The number of hydrogen-bond acceptors (Lipinski definition) is 3. The topological polar surface area (TPSA) is 69.2 Å². The smallest absolute Gasteiger partial charge is 0.257 e. The first-order valence-corrected chi connectivity index (χ1v) is 6.60. The molecule has 0 saturated heterocycles. The van der Waals surface area contributed by atoms with E-state index in [1.54, 1.807) is 11.1 Å². The summed E-state index contributed by atoms with van der Waals surface area (Å²) in [6.45, 7) is 5.07. The molecular formula is C13H23N3O2. The summed E-state index contributed by atoms with van der Waals surface area (Å²) < 4.78 is 0. The number of carbonyl (C=O) groups is 1. The molecule has 0 aliphatic carbocycles. The van der Waals surface area contributed by atoms with Crippen LogP contribution in [0.5, 0.6) is 0 Å². The van der Waals surface area contributed by atoms with E-state index in [2.05, 4.69) is 17.1 Å². The molecule has 0 fully saturated rings. The molecule has 1 aromatic rings. The van der Waals surface area contributed by atoms with Crippen LogP contribution in [0.1, 0.15) is 48.7 Å². The highest BCUT2D eigenvalue weighted by Gasteiger charge is 2.17. The fraction of sp³-hybridized carbons (Fsp3) is 0.692. The summed E-state index contributed by atoms with van der Waals surface area (Å²) in [5.74, 6) is -0.0493. The number of aromatic amines is 1. The van der Waals surface area contributed by atoms with Crippen molar-refractivity contribution in [1.82, 2.24) is 15.1 Å². The van der Waals surface area contributed by atoms with Crippen molar-refractivity contribution in [1.29, 1.82) is 0 Å². The Morgan fingerprint density at radius 1 is 1.39 bits per heavy atom. The molecular weight excluding hydrogens is 230 g/mol. The van der Waals surface area contributed by atoms with Crippen LogP contribution in [0, 0.1) is 6.92 Å². The average Bonchev–Trinajstić information content (AvgIpc) is 2.78. The maximum Gasteiger partial charge on any atom is 0.257 e. The number of aliphatic hydroxyl groups excluding tert-OH is 1. The lowest BCUT2D eigenvalue weighted by Gasteiger charge is -2.21. The minimum atomic E-state index is -0.0493. The Kier molecular flexibility index (Phi) is 6.43. The molecule has 0 saturated carbocycles. The fourth-order valence-electron chi connectivity index (χ4n) is 1.90. The van der Waals surface area contributed by atoms with Crippen LogP contribution in [0.15, 0.2) is 6.20 Å². The van der Waals surface area contributed by atoms with Crippen LogP contribution >= 0.6 is 0 Å². The molecule has 0 spiro atoms. The number of aliphatic hydroxyl groups is 1. The summed E-state index contributed by atoms with van der Waals surface area (Å²) in [6.07, 6.45) is 6.02. The van der Waals surface area contributed by atoms with Crippen LogP contribution in [0.4, 0.5) is 0 Å². The minimum Gasteiger partial charge on any atom is -0.395 e. The molecule has 0 radical (unpaired) electrons. The van der Waals surface area contributed by atoms with Gasteiger partial charge >= 0.3 is 0 Å². The summed E-state index contributed by atoms with van der Waals surface area (Å²) in [5.41, 5.74) is 1.37. The Morgan fingerprint density at radius 3 is 2.72 bits per heavy atom. The Morgan fingerprint density at radius 2 is 2.17 bits per heavy atom. The molecule has 1 aromatic heterocycles. The summed E-state index contributed by atoms with van der Waals surface area (Å²) in [5, 5.41) is 15.7. The Labute approximate surface area is 108 Å². The highest BCUT2D eigenvalue weighted by Crippen LogP contribution is 2.09. The summed E-state index contributed by atoms with van der Waals surface area (Å²) in [4.78, 5) is 13.9. The van der Waals surface area contributed by atoms with Gasteiger partial charge in [-0.3, -0.25) is 9.89 Å². The van der Waals surface area contributed by atoms with Crippen LogP contribution in [-0.4, -0.2) is 45.8 Å². The highest BCUT2D eigenvalue weighted by atomic mass is 16.3. The molecule has 1 heterocycles. The van der Waals surface area contributed by atoms with Gasteiger partial charge in [-0.2, -0.15) is 5.10 Å². The van der Waals surface area contributed by atoms with Gasteiger partial charge in [0.2, 0.25) is 0 Å². The maximum atomic E-state index is 12.2. The van der Waals surface area contributed by atoms with Crippen molar-refractivity contribution in [3.05, 3.63) is 17.5 Å². The number of H-pyrrole nitrogens is 1. The normalized spacial score (nSPS) is 10.6. The fourth-order valence-corrected chi connectivity index (χ4v) is 1.90. The largest absolute Gasteiger partial charge is 0.395 e. The van der Waals surface area contributed by atoms with E-state index in [1.807, 2.05) is 6.92 Å². The first kappa shape index (κ1) is 14.7. The van der Waals surface area contributed by atoms with Crippen molar-refractivity contribution in [3.63, 3.8) is 0 Å². The van der Waals surface area contributed by atoms with Crippen molar-refractivity contribution < 1.29 is 9.90 Å². The first-order chi connectivity index (χ1) is 8.70. The number of unbranched alkanes of at least 4 members (excludes halogenated alkanes) is 3. The zero-order valence-corrected chi connectivity index (χ0v) is 11.3. The van der Waals surface area contributed by atoms with E-state index in [4.69, 9.17) is 5.11 Å². The van der Waals surface area contributed by atoms with Crippen LogP contribution < -0.4 is 0 Å². The van der Waals surface area contributed by atoms with Gasteiger partial charge < -0.3 is 10.0 Å². The third kappa shape index (κ3) is 4.14. The molecule has 2 N–H and O–H groups in total. The summed E-state index contributed by atoms with van der Waals surface area (Å²) in [6, 6.07) is 0. The molecule has 0 aromatic carbocycles. The Bertz CT molecular complexity index is 363. The van der Waals surface area contributed by atoms with Crippen LogP contribution in [-0.2, 0) is 0 Å². The molecule has 0 atom stereocenters. The predicted molar refractivity (Wildman–Crippen MR) is 70.5 cm³/mol. The second kappa shape index (κ2) is 7.87. The van der Waals surface area contributed by atoms with Crippen molar-refractivity contribution in [2.75, 3.05) is 19.7 Å². The van der Waals surface area contributed by atoms with E-state index in [1.165, 1.54) is 12.8 Å². The quantitative estimate of drug-likeness (QED) is 0.693. The second-order valence-electron chi connectivity index (χ2n) is 4.49. The number of carbonyl (C=O) groups excluding carboxylic acids is 1. The summed E-state index contributed by atoms with van der Waals surface area (Å²) in [7, 11) is 0. The minimum absolute atomic E-state index is 0.00355. The van der Waals surface area contributed by atoms with Gasteiger partial charge in [0, 0.05) is 18.8 Å². The average molecular weight is 253 g/mol. The van der Waals surface area contributed by atoms with Crippen LogP contribution in [0.25, 0.3) is 0 Å². The number of nitrogens with one attached hydrogen (secondary N) is 1. The number of amides is 1. The van der Waals surface area contributed by atoms with Gasteiger partial charge in [0.1, 0.15) is 0 Å². The molecule has 102 valence electrons. The van der Waals surface area contributed by atoms with Gasteiger partial charge in [-0.25, -0.2) is 0 Å². The number of rotatable bonds is 8. The molecule has 0 bridgehead atoms. The lowest BCUT2D eigenvalue weighted by atomic mass is 10.2. The molecule has 5 nitrogen and oxygen atoms in total. The SMILES string of the molecule is CCCCCCN(CCO)C(=O)c1cn[nH]c1C. The molecule has 1 amide bonds. The van der Waals surface area contributed by atoms with E-state index in [0.29, 0.717) is 18.7 Å². The number of aromatic nitrogens is 2. The molecule has 0 unspecified atom stereocenters. The summed E-state index contributed by atoms with van der Waals surface area (Å²) >= 11 is 0. The number of aryl methyl sites for hydroxylation is 1. The molecule has 1 rings (SSSR count). The van der Waals surface area contributed by atoms with Crippen molar-refractivity contribution in [2.24, 2.45) is 0 Å². The number of hydrogen-bond donors (Lipinski definition) is 2. The van der Waals surface area contributed by atoms with Crippen LogP contribution in [0.3, 0.4) is 0 Å². The predicted octanol–water partition coefficient (Wildman–Crippen LogP) is 1.73. The molecule has 0 aliphatic rings. The van der Waals surface area contributed by atoms with E-state index >= 15 is 0 Å². The van der Waals surface area contributed by atoms with Gasteiger partial charge in [0.15, 0.2) is 0 Å². The van der Waals surface area contributed by atoms with Crippen molar-refractivity contribution >= 4 is 5.91 Å². The lowest BCUT2D eigenvalue weighted by molar-refractivity contribution is 0.0718. The van der Waals surface area contributed by atoms with Gasteiger partial charge in [0.05, 0.1) is 18.4 Å². The van der Waals surface area contributed by atoms with E-state index < -0.39 is 0 Å². The van der Waals surface area contributed by atoms with Crippen molar-refractivity contribution in [2.45, 2.75) is 39.5 Å².